The standard InChI is InChI=1S/C16H22N4O/c1-12-15(6-8-17-9-10-21-3)13(2)20-16(19-12)14-5-4-7-18-11-14/h4-5,7,11,17H,6,8-10H2,1-3H3. The van der Waals surface area contributed by atoms with Gasteiger partial charge in [-0.3, -0.25) is 4.98 Å². The highest BCUT2D eigenvalue weighted by Gasteiger charge is 2.09. The van der Waals surface area contributed by atoms with Crippen LogP contribution in [0.25, 0.3) is 11.4 Å². The summed E-state index contributed by atoms with van der Waals surface area (Å²) in [5, 5.41) is 3.34. The molecule has 0 bridgehead atoms. The van der Waals surface area contributed by atoms with E-state index in [1.807, 2.05) is 26.0 Å². The van der Waals surface area contributed by atoms with Gasteiger partial charge in [-0.2, -0.15) is 0 Å². The second-order valence-electron chi connectivity index (χ2n) is 4.93. The van der Waals surface area contributed by atoms with Crippen LogP contribution in [-0.2, 0) is 11.2 Å². The lowest BCUT2D eigenvalue weighted by Crippen LogP contribution is -2.22. The van der Waals surface area contributed by atoms with Crippen molar-refractivity contribution in [2.45, 2.75) is 20.3 Å². The first-order valence-corrected chi connectivity index (χ1v) is 7.16. The molecule has 1 N–H and O–H groups in total. The van der Waals surface area contributed by atoms with Gasteiger partial charge in [0.15, 0.2) is 5.82 Å². The highest BCUT2D eigenvalue weighted by Crippen LogP contribution is 2.18. The van der Waals surface area contributed by atoms with Crippen LogP contribution in [0.1, 0.15) is 17.0 Å². The van der Waals surface area contributed by atoms with E-state index in [4.69, 9.17) is 4.74 Å². The highest BCUT2D eigenvalue weighted by atomic mass is 16.5. The van der Waals surface area contributed by atoms with Crippen molar-refractivity contribution < 1.29 is 4.74 Å². The molecular weight excluding hydrogens is 264 g/mol. The van der Waals surface area contributed by atoms with Gasteiger partial charge in [0.25, 0.3) is 0 Å². The molecule has 0 atom stereocenters. The summed E-state index contributed by atoms with van der Waals surface area (Å²) < 4.78 is 5.01. The molecule has 5 nitrogen and oxygen atoms in total. The van der Waals surface area contributed by atoms with Crippen LogP contribution in [0, 0.1) is 13.8 Å². The molecule has 0 spiro atoms. The van der Waals surface area contributed by atoms with Gasteiger partial charge in [0.2, 0.25) is 0 Å². The maximum Gasteiger partial charge on any atom is 0.161 e. The number of aromatic nitrogens is 3. The van der Waals surface area contributed by atoms with Gasteiger partial charge in [-0.05, 0) is 44.5 Å². The number of hydrogen-bond donors (Lipinski definition) is 1. The van der Waals surface area contributed by atoms with Crippen molar-refractivity contribution in [3.8, 4) is 11.4 Å². The number of nitrogens with one attached hydrogen (secondary N) is 1. The fourth-order valence-electron chi connectivity index (χ4n) is 2.24. The molecule has 21 heavy (non-hydrogen) atoms. The van der Waals surface area contributed by atoms with Gasteiger partial charge >= 0.3 is 0 Å². The number of nitrogens with zero attached hydrogens (tertiary/aromatic N) is 3. The SMILES string of the molecule is COCCNCCc1c(C)nc(-c2cccnc2)nc1C. The molecule has 2 heterocycles. The summed E-state index contributed by atoms with van der Waals surface area (Å²) >= 11 is 0. The second kappa shape index (κ2) is 7.81. The summed E-state index contributed by atoms with van der Waals surface area (Å²) in [6.07, 6.45) is 4.47. The minimum Gasteiger partial charge on any atom is -0.383 e. The van der Waals surface area contributed by atoms with Gasteiger partial charge in [0.05, 0.1) is 6.61 Å². The predicted octanol–water partition coefficient (Wildman–Crippen LogP) is 1.93. The molecule has 112 valence electrons. The Bertz CT molecular complexity index is 549. The van der Waals surface area contributed by atoms with Gasteiger partial charge < -0.3 is 10.1 Å². The molecule has 5 heteroatoms. The average molecular weight is 286 g/mol. The Kier molecular flexibility index (Phi) is 5.78. The van der Waals surface area contributed by atoms with Crippen molar-refractivity contribution in [1.29, 1.82) is 0 Å². The van der Waals surface area contributed by atoms with Gasteiger partial charge in [-0.15, -0.1) is 0 Å². The van der Waals surface area contributed by atoms with E-state index in [-0.39, 0.29) is 0 Å². The third-order valence-electron chi connectivity index (χ3n) is 3.38. The van der Waals surface area contributed by atoms with Gasteiger partial charge in [-0.1, -0.05) is 0 Å². The lowest BCUT2D eigenvalue weighted by atomic mass is 10.1. The number of ether oxygens (including phenoxy) is 1. The van der Waals surface area contributed by atoms with Crippen LogP contribution in [0.5, 0.6) is 0 Å². The minimum absolute atomic E-state index is 0.731. The topological polar surface area (TPSA) is 59.9 Å². The first-order chi connectivity index (χ1) is 10.2. The Hall–Kier alpha value is -1.85. The van der Waals surface area contributed by atoms with E-state index in [9.17, 15) is 0 Å². The summed E-state index contributed by atoms with van der Waals surface area (Å²) in [7, 11) is 1.71. The second-order valence-corrected chi connectivity index (χ2v) is 4.93. The number of rotatable bonds is 7. The summed E-state index contributed by atoms with van der Waals surface area (Å²) in [6, 6.07) is 3.88. The smallest absolute Gasteiger partial charge is 0.161 e. The molecule has 0 aliphatic rings. The Labute approximate surface area is 125 Å². The molecule has 0 aliphatic carbocycles. The van der Waals surface area contributed by atoms with Crippen molar-refractivity contribution in [3.05, 3.63) is 41.5 Å². The zero-order valence-corrected chi connectivity index (χ0v) is 12.9. The zero-order valence-electron chi connectivity index (χ0n) is 12.9. The molecule has 0 saturated carbocycles. The highest BCUT2D eigenvalue weighted by molar-refractivity contribution is 5.54. The van der Waals surface area contributed by atoms with E-state index in [1.54, 1.807) is 19.5 Å². The number of aryl methyl sites for hydroxylation is 2. The predicted molar refractivity (Wildman–Crippen MR) is 83.2 cm³/mol. The average Bonchev–Trinajstić information content (AvgIpc) is 2.50. The molecular formula is C16H22N4O. The van der Waals surface area contributed by atoms with Gasteiger partial charge in [0, 0.05) is 43.0 Å². The number of methoxy groups -OCH3 is 1. The van der Waals surface area contributed by atoms with E-state index < -0.39 is 0 Å². The van der Waals surface area contributed by atoms with Crippen LogP contribution >= 0.6 is 0 Å². The maximum absolute atomic E-state index is 5.01. The maximum atomic E-state index is 5.01. The van der Waals surface area contributed by atoms with Gasteiger partial charge in [-0.25, -0.2) is 9.97 Å². The van der Waals surface area contributed by atoms with Crippen molar-refractivity contribution in [1.82, 2.24) is 20.3 Å². The first-order valence-electron chi connectivity index (χ1n) is 7.16. The lowest BCUT2D eigenvalue weighted by Gasteiger charge is -2.11. The van der Waals surface area contributed by atoms with Gasteiger partial charge in [0.1, 0.15) is 0 Å². The summed E-state index contributed by atoms with van der Waals surface area (Å²) in [5.41, 5.74) is 4.24. The molecule has 2 rings (SSSR count). The van der Waals surface area contributed by atoms with E-state index in [2.05, 4.69) is 20.3 Å². The monoisotopic (exact) mass is 286 g/mol. The summed E-state index contributed by atoms with van der Waals surface area (Å²) in [4.78, 5) is 13.4. The van der Waals surface area contributed by atoms with Crippen molar-refractivity contribution in [2.75, 3.05) is 26.8 Å². The number of hydrogen-bond acceptors (Lipinski definition) is 5. The molecule has 0 aliphatic heterocycles. The molecule has 0 radical (unpaired) electrons. The molecule has 0 amide bonds. The Morgan fingerprint density at radius 1 is 1.14 bits per heavy atom. The Morgan fingerprint density at radius 2 is 1.90 bits per heavy atom. The van der Waals surface area contributed by atoms with E-state index in [0.717, 1.165) is 48.9 Å². The van der Waals surface area contributed by atoms with Crippen molar-refractivity contribution in [3.63, 3.8) is 0 Å². The van der Waals surface area contributed by atoms with E-state index in [0.29, 0.717) is 0 Å². The molecule has 0 unspecified atom stereocenters. The van der Waals surface area contributed by atoms with Crippen LogP contribution in [0.4, 0.5) is 0 Å². The van der Waals surface area contributed by atoms with Crippen molar-refractivity contribution >= 4 is 0 Å². The third kappa shape index (κ3) is 4.31. The molecule has 0 saturated heterocycles. The van der Waals surface area contributed by atoms with Crippen LogP contribution in [0.15, 0.2) is 24.5 Å². The summed E-state index contributed by atoms with van der Waals surface area (Å²) in [6.45, 7) is 6.58. The normalized spacial score (nSPS) is 10.8. The molecule has 2 aromatic heterocycles. The van der Waals surface area contributed by atoms with Crippen LogP contribution < -0.4 is 5.32 Å². The third-order valence-corrected chi connectivity index (χ3v) is 3.38. The van der Waals surface area contributed by atoms with Crippen LogP contribution in [-0.4, -0.2) is 41.8 Å². The fraction of sp³-hybridized carbons (Fsp3) is 0.438. The van der Waals surface area contributed by atoms with E-state index >= 15 is 0 Å². The largest absolute Gasteiger partial charge is 0.383 e. The first kappa shape index (κ1) is 15.5. The Morgan fingerprint density at radius 3 is 2.52 bits per heavy atom. The minimum atomic E-state index is 0.731. The van der Waals surface area contributed by atoms with E-state index in [1.165, 1.54) is 5.56 Å². The quantitative estimate of drug-likeness (QED) is 0.788. The lowest BCUT2D eigenvalue weighted by molar-refractivity contribution is 0.199. The van der Waals surface area contributed by atoms with Crippen LogP contribution in [0.3, 0.4) is 0 Å². The molecule has 2 aromatic rings. The molecule has 0 fully saturated rings. The zero-order chi connectivity index (χ0) is 15.1. The number of pyridine rings is 1. The van der Waals surface area contributed by atoms with Crippen LogP contribution in [0.2, 0.25) is 0 Å². The summed E-state index contributed by atoms with van der Waals surface area (Å²) in [5.74, 6) is 0.745. The Balaban J connectivity index is 2.07. The molecule has 0 aromatic carbocycles. The van der Waals surface area contributed by atoms with Crippen molar-refractivity contribution in [2.24, 2.45) is 0 Å². The fourth-order valence-corrected chi connectivity index (χ4v) is 2.24.